The standard InChI is InChI=1S/C24H52O4Si3/c1-22(2,3)29(10,11)26-18-20-21(28-31(14,15)24(7,8)9)19(16-17-25-20)27-30(12,13)23(4,5)6/h16-17,19-21H,18H2,1-15H3/t19-,20+,21-/m0/s1. The maximum atomic E-state index is 6.97. The van der Waals surface area contributed by atoms with E-state index >= 15 is 0 Å². The molecule has 0 N–H and O–H groups in total. The Kier molecular flexibility index (Phi) is 8.80. The molecule has 0 saturated carbocycles. The third-order valence-corrected chi connectivity index (χ3v) is 21.5. The average molecular weight is 489 g/mol. The first kappa shape index (κ1) is 29.1. The van der Waals surface area contributed by atoms with Crippen molar-refractivity contribution in [3.8, 4) is 0 Å². The molecule has 0 aromatic carbocycles. The highest BCUT2D eigenvalue weighted by molar-refractivity contribution is 6.75. The summed E-state index contributed by atoms with van der Waals surface area (Å²) < 4.78 is 26.6. The summed E-state index contributed by atoms with van der Waals surface area (Å²) in [7, 11) is -5.90. The minimum atomic E-state index is -2.03. The molecule has 0 aromatic rings. The lowest BCUT2D eigenvalue weighted by Gasteiger charge is -2.47. The van der Waals surface area contributed by atoms with Crippen molar-refractivity contribution in [3.05, 3.63) is 12.3 Å². The Morgan fingerprint density at radius 2 is 1.10 bits per heavy atom. The monoisotopic (exact) mass is 488 g/mol. The zero-order valence-electron chi connectivity index (χ0n) is 23.2. The molecule has 0 fully saturated rings. The fourth-order valence-electron chi connectivity index (χ4n) is 2.55. The van der Waals surface area contributed by atoms with Crippen LogP contribution in [-0.4, -0.2) is 49.9 Å². The second kappa shape index (κ2) is 9.37. The summed E-state index contributed by atoms with van der Waals surface area (Å²) in [6, 6.07) is 0. The number of rotatable bonds is 7. The molecule has 0 aliphatic carbocycles. The average Bonchev–Trinajstić information content (AvgIpc) is 2.51. The molecule has 0 spiro atoms. The van der Waals surface area contributed by atoms with E-state index in [1.807, 2.05) is 6.26 Å². The van der Waals surface area contributed by atoms with Gasteiger partial charge in [0.2, 0.25) is 0 Å². The molecule has 0 saturated heterocycles. The summed E-state index contributed by atoms with van der Waals surface area (Å²) in [5.41, 5.74) is 0. The smallest absolute Gasteiger partial charge is 0.193 e. The topological polar surface area (TPSA) is 36.9 Å². The van der Waals surface area contributed by atoms with Crippen molar-refractivity contribution in [1.82, 2.24) is 0 Å². The van der Waals surface area contributed by atoms with Gasteiger partial charge in [-0.3, -0.25) is 0 Å². The molecule has 1 aliphatic heterocycles. The van der Waals surface area contributed by atoms with Crippen molar-refractivity contribution in [3.63, 3.8) is 0 Å². The summed E-state index contributed by atoms with van der Waals surface area (Å²) in [4.78, 5) is 0. The Morgan fingerprint density at radius 1 is 0.677 bits per heavy atom. The van der Waals surface area contributed by atoms with Gasteiger partial charge >= 0.3 is 0 Å². The van der Waals surface area contributed by atoms with Gasteiger partial charge in [0.05, 0.1) is 19.0 Å². The molecule has 0 aromatic heterocycles. The van der Waals surface area contributed by atoms with Crippen LogP contribution in [0.5, 0.6) is 0 Å². The summed E-state index contributed by atoms with van der Waals surface area (Å²) in [5, 5.41) is 0.401. The molecule has 184 valence electrons. The lowest BCUT2D eigenvalue weighted by molar-refractivity contribution is -0.0680. The van der Waals surface area contributed by atoms with Crippen LogP contribution in [0.25, 0.3) is 0 Å². The Balaban J connectivity index is 3.23. The molecule has 4 nitrogen and oxygen atoms in total. The van der Waals surface area contributed by atoms with Crippen LogP contribution < -0.4 is 0 Å². The van der Waals surface area contributed by atoms with E-state index in [2.05, 4.69) is 108 Å². The molecule has 1 heterocycles. The number of ether oxygens (including phenoxy) is 1. The highest BCUT2D eigenvalue weighted by atomic mass is 28.4. The van der Waals surface area contributed by atoms with Crippen LogP contribution in [0.3, 0.4) is 0 Å². The van der Waals surface area contributed by atoms with E-state index in [9.17, 15) is 0 Å². The predicted octanol–water partition coefficient (Wildman–Crippen LogP) is 7.70. The van der Waals surface area contributed by atoms with E-state index in [-0.39, 0.29) is 33.4 Å². The van der Waals surface area contributed by atoms with Gasteiger partial charge in [0, 0.05) is 0 Å². The van der Waals surface area contributed by atoms with Crippen molar-refractivity contribution >= 4 is 25.0 Å². The second-order valence-corrected chi connectivity index (χ2v) is 28.1. The summed E-state index contributed by atoms with van der Waals surface area (Å²) >= 11 is 0. The molecule has 7 heteroatoms. The molecule has 0 bridgehead atoms. The first-order valence-electron chi connectivity index (χ1n) is 11.8. The molecular weight excluding hydrogens is 437 g/mol. The van der Waals surface area contributed by atoms with Crippen LogP contribution in [0.2, 0.25) is 54.4 Å². The Labute approximate surface area is 196 Å². The van der Waals surface area contributed by atoms with Gasteiger partial charge in [0.1, 0.15) is 12.2 Å². The van der Waals surface area contributed by atoms with E-state index in [0.717, 1.165) is 0 Å². The SMILES string of the molecule is CC(C)(C)[Si](C)(C)OC[C@H]1OC=C[C@H](O[Si](C)(C)C(C)(C)C)[C@@H]1O[Si](C)(C)C(C)(C)C. The maximum absolute atomic E-state index is 6.97. The molecule has 31 heavy (non-hydrogen) atoms. The molecule has 1 aliphatic rings. The molecule has 0 radical (unpaired) electrons. The fraction of sp³-hybridized carbons (Fsp3) is 0.917. The molecule has 0 amide bonds. The van der Waals surface area contributed by atoms with Crippen LogP contribution in [0.4, 0.5) is 0 Å². The zero-order valence-corrected chi connectivity index (χ0v) is 26.2. The van der Waals surface area contributed by atoms with Crippen molar-refractivity contribution < 1.29 is 18.0 Å². The third kappa shape index (κ3) is 7.27. The largest absolute Gasteiger partial charge is 0.493 e. The van der Waals surface area contributed by atoms with Gasteiger partial charge in [0.15, 0.2) is 25.0 Å². The van der Waals surface area contributed by atoms with Gasteiger partial charge in [-0.15, -0.1) is 0 Å². The normalized spacial score (nSPS) is 24.3. The Morgan fingerprint density at radius 3 is 1.52 bits per heavy atom. The fourth-order valence-corrected chi connectivity index (χ4v) is 6.13. The van der Waals surface area contributed by atoms with Gasteiger partial charge in [-0.1, -0.05) is 62.3 Å². The lowest BCUT2D eigenvalue weighted by atomic mass is 10.1. The van der Waals surface area contributed by atoms with Gasteiger partial charge in [-0.2, -0.15) is 0 Å². The Bertz CT molecular complexity index is 622. The first-order valence-corrected chi connectivity index (χ1v) is 20.6. The van der Waals surface area contributed by atoms with E-state index < -0.39 is 25.0 Å². The van der Waals surface area contributed by atoms with Crippen LogP contribution in [-0.2, 0) is 18.0 Å². The van der Waals surface area contributed by atoms with E-state index in [1.54, 1.807) is 0 Å². The van der Waals surface area contributed by atoms with Crippen LogP contribution in [0.15, 0.2) is 12.3 Å². The minimum absolute atomic E-state index is 0.112. The van der Waals surface area contributed by atoms with Crippen LogP contribution in [0, 0.1) is 0 Å². The van der Waals surface area contributed by atoms with Gasteiger partial charge in [0.25, 0.3) is 0 Å². The zero-order chi connectivity index (χ0) is 24.7. The van der Waals surface area contributed by atoms with Gasteiger partial charge in [-0.05, 0) is 60.5 Å². The van der Waals surface area contributed by atoms with E-state index in [4.69, 9.17) is 18.0 Å². The highest BCUT2D eigenvalue weighted by Crippen LogP contribution is 2.42. The molecule has 3 atom stereocenters. The van der Waals surface area contributed by atoms with Gasteiger partial charge in [-0.25, -0.2) is 0 Å². The van der Waals surface area contributed by atoms with Crippen molar-refractivity contribution in [2.24, 2.45) is 0 Å². The lowest BCUT2D eigenvalue weighted by Crippen LogP contribution is -2.57. The third-order valence-electron chi connectivity index (χ3n) is 8.10. The maximum Gasteiger partial charge on any atom is 0.193 e. The molecular formula is C24H52O4Si3. The molecule has 0 unspecified atom stereocenters. The van der Waals surface area contributed by atoms with Gasteiger partial charge < -0.3 is 18.0 Å². The van der Waals surface area contributed by atoms with Crippen LogP contribution >= 0.6 is 0 Å². The van der Waals surface area contributed by atoms with E-state index in [1.165, 1.54) is 0 Å². The number of hydrogen-bond acceptors (Lipinski definition) is 4. The van der Waals surface area contributed by atoms with Crippen molar-refractivity contribution in [2.75, 3.05) is 6.61 Å². The molecule has 1 rings (SSSR count). The summed E-state index contributed by atoms with van der Waals surface area (Å²) in [6.07, 6.45) is 3.42. The summed E-state index contributed by atoms with van der Waals surface area (Å²) in [6.45, 7) is 34.8. The van der Waals surface area contributed by atoms with Crippen molar-refractivity contribution in [1.29, 1.82) is 0 Å². The second-order valence-electron chi connectivity index (χ2n) is 13.8. The number of hydrogen-bond donors (Lipinski definition) is 0. The van der Waals surface area contributed by atoms with Crippen LogP contribution in [0.1, 0.15) is 62.3 Å². The Hall–Kier alpha value is 0.0706. The minimum Gasteiger partial charge on any atom is -0.493 e. The van der Waals surface area contributed by atoms with E-state index in [0.29, 0.717) is 6.61 Å². The summed E-state index contributed by atoms with van der Waals surface area (Å²) in [5.74, 6) is 0. The highest BCUT2D eigenvalue weighted by Gasteiger charge is 2.48. The first-order chi connectivity index (χ1) is 13.5. The quantitative estimate of drug-likeness (QED) is 0.344. The predicted molar refractivity (Wildman–Crippen MR) is 141 cm³/mol. The van der Waals surface area contributed by atoms with Crippen molar-refractivity contribution in [2.45, 2.75) is 135 Å².